The van der Waals surface area contributed by atoms with E-state index in [9.17, 15) is 0 Å². The molecule has 0 aliphatic carbocycles. The lowest BCUT2D eigenvalue weighted by Crippen LogP contribution is -2.29. The summed E-state index contributed by atoms with van der Waals surface area (Å²) in [4.78, 5) is 0. The van der Waals surface area contributed by atoms with Crippen LogP contribution in [0.4, 0.5) is 0 Å². The molecule has 0 aromatic heterocycles. The second-order valence-electron chi connectivity index (χ2n) is 16.9. The van der Waals surface area contributed by atoms with Crippen molar-refractivity contribution in [3.63, 3.8) is 0 Å². The monoisotopic (exact) mass is 1000 g/mol. The molecular formula is C64H44BBrCl2O2. The molecule has 2 nitrogen and oxygen atoms in total. The van der Waals surface area contributed by atoms with Crippen molar-refractivity contribution in [2.24, 2.45) is 0 Å². The van der Waals surface area contributed by atoms with Crippen LogP contribution in [0.3, 0.4) is 0 Å². The zero-order valence-corrected chi connectivity index (χ0v) is 41.0. The topological polar surface area (TPSA) is 40.5 Å². The second-order valence-corrected chi connectivity index (χ2v) is 18.5. The van der Waals surface area contributed by atoms with E-state index in [2.05, 4.69) is 234 Å². The molecule has 0 bridgehead atoms. The summed E-state index contributed by atoms with van der Waals surface area (Å²) in [7, 11) is -1.41. The Balaban J connectivity index is 0.000000138. The zero-order valence-electron chi connectivity index (χ0n) is 37.9. The Hall–Kier alpha value is -7.28. The van der Waals surface area contributed by atoms with E-state index in [1.54, 1.807) is 24.3 Å². The summed E-state index contributed by atoms with van der Waals surface area (Å²) in [6.45, 7) is 0. The van der Waals surface area contributed by atoms with Crippen molar-refractivity contribution >= 4 is 94.8 Å². The Labute approximate surface area is 427 Å². The molecule has 0 fully saturated rings. The van der Waals surface area contributed by atoms with Crippen LogP contribution in [0.5, 0.6) is 0 Å². The molecule has 0 amide bonds. The average Bonchev–Trinajstić information content (AvgIpc) is 3.42. The van der Waals surface area contributed by atoms with Crippen LogP contribution in [0.2, 0.25) is 10.0 Å². The van der Waals surface area contributed by atoms with E-state index in [1.807, 2.05) is 12.1 Å². The summed E-state index contributed by atoms with van der Waals surface area (Å²) in [5.74, 6) is 0. The number of rotatable bonds is 6. The van der Waals surface area contributed by atoms with Gasteiger partial charge >= 0.3 is 7.12 Å². The van der Waals surface area contributed by atoms with E-state index in [0.717, 1.165) is 9.50 Å². The summed E-state index contributed by atoms with van der Waals surface area (Å²) in [6, 6.07) is 88.0. The largest absolute Gasteiger partial charge is 0.488 e. The molecule has 0 spiro atoms. The molecule has 12 aromatic rings. The van der Waals surface area contributed by atoms with Crippen LogP contribution in [-0.2, 0) is 0 Å². The van der Waals surface area contributed by atoms with E-state index < -0.39 is 7.12 Å². The minimum absolute atomic E-state index is 0.449. The highest BCUT2D eigenvalue weighted by Gasteiger charge is 2.20. The summed E-state index contributed by atoms with van der Waals surface area (Å²) in [5, 5.41) is 28.6. The van der Waals surface area contributed by atoms with Crippen molar-refractivity contribution in [2.75, 3.05) is 0 Å². The summed E-state index contributed by atoms with van der Waals surface area (Å²) in [5.41, 5.74) is 12.9. The Kier molecular flexibility index (Phi) is 14.0. The Morgan fingerprint density at radius 2 is 0.557 bits per heavy atom. The normalized spacial score (nSPS) is 10.9. The first-order chi connectivity index (χ1) is 34.4. The molecule has 0 saturated heterocycles. The van der Waals surface area contributed by atoms with Gasteiger partial charge in [0, 0.05) is 14.5 Å². The highest BCUT2D eigenvalue weighted by Crippen LogP contribution is 2.47. The third kappa shape index (κ3) is 9.53. The van der Waals surface area contributed by atoms with E-state index in [1.165, 1.54) is 98.7 Å². The van der Waals surface area contributed by atoms with Crippen LogP contribution < -0.4 is 5.46 Å². The van der Waals surface area contributed by atoms with Crippen molar-refractivity contribution in [3.05, 3.63) is 269 Å². The van der Waals surface area contributed by atoms with Crippen LogP contribution in [0, 0.1) is 0 Å². The van der Waals surface area contributed by atoms with Gasteiger partial charge in [-0.25, -0.2) is 0 Å². The molecule has 0 saturated carbocycles. The zero-order chi connectivity index (χ0) is 48.0. The fourth-order valence-electron chi connectivity index (χ4n) is 9.49. The fourth-order valence-corrected chi connectivity index (χ4v) is 10.4. The fraction of sp³-hybridized carbons (Fsp3) is 0. The molecule has 0 unspecified atom stereocenters. The third-order valence-electron chi connectivity index (χ3n) is 12.7. The van der Waals surface area contributed by atoms with E-state index >= 15 is 0 Å². The maximum atomic E-state index is 8.63. The minimum Gasteiger partial charge on any atom is -0.423 e. The maximum Gasteiger partial charge on any atom is 0.488 e. The first kappa shape index (κ1) is 46.5. The molecular weight excluding hydrogens is 962 g/mol. The smallest absolute Gasteiger partial charge is 0.423 e. The molecule has 0 heterocycles. The van der Waals surface area contributed by atoms with Gasteiger partial charge in [-0.3, -0.25) is 0 Å². The van der Waals surface area contributed by atoms with Crippen LogP contribution in [0.1, 0.15) is 0 Å². The molecule has 6 heteroatoms. The molecule has 12 aromatic carbocycles. The lowest BCUT2D eigenvalue weighted by atomic mass is 9.81. The lowest BCUT2D eigenvalue weighted by molar-refractivity contribution is 0.426. The quantitative estimate of drug-likeness (QED) is 0.129. The molecule has 0 aliphatic heterocycles. The van der Waals surface area contributed by atoms with Gasteiger partial charge in [-0.15, -0.1) is 0 Å². The highest BCUT2D eigenvalue weighted by molar-refractivity contribution is 9.10. The lowest BCUT2D eigenvalue weighted by Gasteiger charge is -2.19. The van der Waals surface area contributed by atoms with Gasteiger partial charge in [-0.2, -0.15) is 0 Å². The number of hydrogen-bond acceptors (Lipinski definition) is 2. The van der Waals surface area contributed by atoms with E-state index in [0.29, 0.717) is 10.5 Å². The molecule has 12 rings (SSSR count). The van der Waals surface area contributed by atoms with Crippen molar-refractivity contribution in [1.29, 1.82) is 0 Å². The molecule has 336 valence electrons. The van der Waals surface area contributed by atoms with Gasteiger partial charge in [0.2, 0.25) is 0 Å². The maximum absolute atomic E-state index is 8.63. The minimum atomic E-state index is -1.41. The predicted molar refractivity (Wildman–Crippen MR) is 304 cm³/mol. The molecule has 0 aliphatic rings. The molecule has 0 radical (unpaired) electrons. The summed E-state index contributed by atoms with van der Waals surface area (Å²) >= 11 is 15.6. The second kappa shape index (κ2) is 21.2. The van der Waals surface area contributed by atoms with E-state index in [4.69, 9.17) is 33.2 Å². The first-order valence-corrected chi connectivity index (χ1v) is 24.6. The number of benzene rings is 12. The molecule has 0 atom stereocenters. The SMILES string of the molecule is Brc1c2ccccc2c(-c2ccccc2-c2ccccc2)c2ccccc12.Clc1ccc(-c2c3ccccc3c(-c3ccccc3-c3ccccc3)c3ccccc23)cc1.OB(O)c1ccc(Cl)cc1. The number of hydrogen-bond donors (Lipinski definition) is 2. The number of halogens is 3. The van der Waals surface area contributed by atoms with Gasteiger partial charge in [0.25, 0.3) is 0 Å². The standard InChI is InChI=1S/C32H21Cl.C26H17Br.C6H6BClO2/c33-24-20-18-23(19-21-24)31-27-14-6-8-16-29(27)32(30-17-9-7-15-28(30)31)26-13-5-4-12-25(26)22-10-2-1-3-11-22;27-26-23-16-8-6-14-21(23)25(22-15-7-9-17-24(22)26)20-13-5-4-12-19(20)18-10-2-1-3-11-18;8-6-3-1-5(2-4-6)7(9)10/h1-21H;1-17H;1-4,9-10H. The van der Waals surface area contributed by atoms with Gasteiger partial charge in [0.05, 0.1) is 0 Å². The molecule has 2 N–H and O–H groups in total. The average molecular weight is 1010 g/mol. The highest BCUT2D eigenvalue weighted by atomic mass is 79.9. The summed E-state index contributed by atoms with van der Waals surface area (Å²) in [6.07, 6.45) is 0. The van der Waals surface area contributed by atoms with Crippen LogP contribution in [-0.4, -0.2) is 17.2 Å². The van der Waals surface area contributed by atoms with Crippen LogP contribution in [0.25, 0.3) is 98.7 Å². The van der Waals surface area contributed by atoms with Gasteiger partial charge < -0.3 is 10.0 Å². The Morgan fingerprint density at radius 1 is 0.271 bits per heavy atom. The van der Waals surface area contributed by atoms with Crippen LogP contribution in [0.15, 0.2) is 259 Å². The van der Waals surface area contributed by atoms with Gasteiger partial charge in [0.1, 0.15) is 0 Å². The number of fused-ring (bicyclic) bond motifs is 4. The first-order valence-electron chi connectivity index (χ1n) is 23.1. The molecule has 70 heavy (non-hydrogen) atoms. The van der Waals surface area contributed by atoms with Gasteiger partial charge in [-0.05, 0) is 144 Å². The Morgan fingerprint density at radius 3 is 0.929 bits per heavy atom. The van der Waals surface area contributed by atoms with Crippen molar-refractivity contribution in [3.8, 4) is 55.6 Å². The van der Waals surface area contributed by atoms with E-state index in [-0.39, 0.29) is 0 Å². The predicted octanol–water partition coefficient (Wildman–Crippen LogP) is 17.8. The Bertz CT molecular complexity index is 3660. The van der Waals surface area contributed by atoms with Crippen molar-refractivity contribution in [1.82, 2.24) is 0 Å². The summed E-state index contributed by atoms with van der Waals surface area (Å²) < 4.78 is 1.16. The van der Waals surface area contributed by atoms with Crippen molar-refractivity contribution < 1.29 is 10.0 Å². The third-order valence-corrected chi connectivity index (χ3v) is 14.0. The van der Waals surface area contributed by atoms with Crippen LogP contribution >= 0.6 is 39.1 Å². The van der Waals surface area contributed by atoms with Crippen molar-refractivity contribution in [2.45, 2.75) is 0 Å². The van der Waals surface area contributed by atoms with Gasteiger partial charge in [0.15, 0.2) is 0 Å². The van der Waals surface area contributed by atoms with Gasteiger partial charge in [-0.1, -0.05) is 254 Å².